The van der Waals surface area contributed by atoms with Crippen molar-refractivity contribution in [2.24, 2.45) is 0 Å². The normalized spacial score (nSPS) is 17.6. The molecule has 4 heterocycles. The van der Waals surface area contributed by atoms with E-state index in [1.165, 1.54) is 33.3 Å². The fourth-order valence-corrected chi connectivity index (χ4v) is 7.31. The Balaban J connectivity index is 1.13. The third-order valence-corrected chi connectivity index (χ3v) is 10.3. The van der Waals surface area contributed by atoms with Gasteiger partial charge >= 0.3 is 12.2 Å². The maximum Gasteiger partial charge on any atom is 0.407 e. The van der Waals surface area contributed by atoms with Gasteiger partial charge in [0, 0.05) is 53.4 Å². The van der Waals surface area contributed by atoms with Gasteiger partial charge in [0.05, 0.1) is 37.5 Å². The summed E-state index contributed by atoms with van der Waals surface area (Å²) in [4.78, 5) is 75.8. The number of nitrogens with one attached hydrogen (secondary N) is 4. The van der Waals surface area contributed by atoms with Crippen molar-refractivity contribution in [3.8, 4) is 22.4 Å². The molecule has 2 aliphatic heterocycles. The number of imidazole rings is 1. The molecule has 0 radical (unpaired) electrons. The van der Waals surface area contributed by atoms with Crippen LogP contribution in [0.2, 0.25) is 0 Å². The van der Waals surface area contributed by atoms with E-state index < -0.39 is 42.1 Å². The number of rotatable bonds is 15. The molecule has 0 unspecified atom stereocenters. The van der Waals surface area contributed by atoms with Crippen LogP contribution in [0.1, 0.15) is 50.4 Å². The number of carbonyl (C=O) groups is 5. The molecule has 0 saturated carbocycles. The van der Waals surface area contributed by atoms with Crippen molar-refractivity contribution in [2.45, 2.75) is 62.7 Å². The number of likely N-dealkylation sites (tertiary alicyclic amines) is 2. The number of fused-ring (bicyclic) bond motifs is 1. The molecule has 18 nitrogen and oxygen atoms in total. The van der Waals surface area contributed by atoms with Gasteiger partial charge in [-0.15, -0.1) is 0 Å². The van der Waals surface area contributed by atoms with Crippen LogP contribution in [0.3, 0.4) is 0 Å². The molecule has 6 rings (SSSR count). The van der Waals surface area contributed by atoms with Crippen molar-refractivity contribution in [1.82, 2.24) is 35.6 Å². The van der Waals surface area contributed by atoms with Gasteiger partial charge in [0.1, 0.15) is 23.9 Å². The third kappa shape index (κ3) is 9.35. The Bertz CT molecular complexity index is 2050. The highest BCUT2D eigenvalue weighted by Gasteiger charge is 2.39. The van der Waals surface area contributed by atoms with Crippen LogP contribution in [-0.4, -0.2) is 128 Å². The van der Waals surface area contributed by atoms with Crippen molar-refractivity contribution in [2.75, 3.05) is 60.1 Å². The summed E-state index contributed by atoms with van der Waals surface area (Å²) in [6.45, 7) is 1.41. The van der Waals surface area contributed by atoms with Gasteiger partial charge in [0.2, 0.25) is 17.7 Å². The van der Waals surface area contributed by atoms with E-state index in [4.69, 9.17) is 23.5 Å². The van der Waals surface area contributed by atoms with Crippen LogP contribution >= 0.6 is 0 Å². The molecule has 0 spiro atoms. The molecule has 4 aromatic rings. The molecule has 57 heavy (non-hydrogen) atoms. The maximum absolute atomic E-state index is 13.6. The fourth-order valence-electron chi connectivity index (χ4n) is 7.31. The summed E-state index contributed by atoms with van der Waals surface area (Å²) in [5.41, 5.74) is 3.90. The highest BCUT2D eigenvalue weighted by atomic mass is 16.5. The van der Waals surface area contributed by atoms with Crippen LogP contribution in [0.5, 0.6) is 0 Å². The summed E-state index contributed by atoms with van der Waals surface area (Å²) in [6, 6.07) is 10.7. The number of aromatic amines is 1. The summed E-state index contributed by atoms with van der Waals surface area (Å²) in [6.07, 6.45) is 3.41. The van der Waals surface area contributed by atoms with Crippen LogP contribution in [0.25, 0.3) is 33.4 Å². The molecule has 18 heteroatoms. The quantitative estimate of drug-likeness (QED) is 0.134. The number of hydrogen-bond donors (Lipinski definition) is 4. The van der Waals surface area contributed by atoms with Gasteiger partial charge in [-0.1, -0.05) is 35.5 Å². The minimum absolute atomic E-state index is 0.215. The molecule has 4 N–H and O–H groups in total. The van der Waals surface area contributed by atoms with Gasteiger partial charge in [0.25, 0.3) is 0 Å². The second-order valence-corrected chi connectivity index (χ2v) is 13.8. The third-order valence-electron chi connectivity index (χ3n) is 10.3. The Kier molecular flexibility index (Phi) is 13.4. The number of hydrogen-bond acceptors (Lipinski definition) is 12. The van der Waals surface area contributed by atoms with Gasteiger partial charge in [0.15, 0.2) is 11.4 Å². The molecular formula is C39H48N8O10. The standard InChI is InChI=1S/C39H48N8O10/c1-53-19-15-27(42-38(51)55-3)36(49)46-17-5-7-30(46)34-40-22-29(41-34)24-11-9-23(10-12-24)25-13-14-32-26(21-25)33(45-57-32)44-35(48)31-8-6-18-47(31)37(50)28(16-20-54-2)43-39(52)56-4/h9-14,21-22,27-28,30-31H,5-8,15-20H2,1-4H3,(H,40,41)(H,42,51)(H,43,52)(H,44,45,48)/t27-,28-,30-,31-/m0/s1. The number of anilines is 1. The Labute approximate surface area is 328 Å². The van der Waals surface area contributed by atoms with Crippen molar-refractivity contribution in [3.05, 3.63) is 54.5 Å². The molecule has 0 bridgehead atoms. The second-order valence-electron chi connectivity index (χ2n) is 13.8. The lowest BCUT2D eigenvalue weighted by atomic mass is 10.0. The van der Waals surface area contributed by atoms with E-state index in [0.717, 1.165) is 35.2 Å². The predicted octanol–water partition coefficient (Wildman–Crippen LogP) is 4.00. The van der Waals surface area contributed by atoms with E-state index in [0.29, 0.717) is 55.8 Å². The number of alkyl carbamates (subject to hydrolysis) is 2. The monoisotopic (exact) mass is 788 g/mol. The first-order valence-corrected chi connectivity index (χ1v) is 18.8. The lowest BCUT2D eigenvalue weighted by Gasteiger charge is -2.28. The van der Waals surface area contributed by atoms with Crippen LogP contribution in [0.15, 0.2) is 53.2 Å². The zero-order valence-corrected chi connectivity index (χ0v) is 32.4. The number of methoxy groups -OCH3 is 4. The summed E-state index contributed by atoms with van der Waals surface area (Å²) in [5, 5.41) is 12.7. The number of H-pyrrole nitrogens is 1. The highest BCUT2D eigenvalue weighted by molar-refractivity contribution is 6.03. The van der Waals surface area contributed by atoms with E-state index in [2.05, 4.69) is 31.1 Å². The molecule has 2 aromatic heterocycles. The molecule has 2 aromatic carbocycles. The van der Waals surface area contributed by atoms with Crippen LogP contribution in [-0.2, 0) is 33.3 Å². The molecule has 304 valence electrons. The van der Waals surface area contributed by atoms with E-state index in [1.54, 1.807) is 17.2 Å². The van der Waals surface area contributed by atoms with E-state index in [-0.39, 0.29) is 30.8 Å². The summed E-state index contributed by atoms with van der Waals surface area (Å²) in [7, 11) is 5.51. The fraction of sp³-hybridized carbons (Fsp3) is 0.462. The predicted molar refractivity (Wildman–Crippen MR) is 206 cm³/mol. The zero-order valence-electron chi connectivity index (χ0n) is 32.4. The Morgan fingerprint density at radius 3 is 2.05 bits per heavy atom. The molecular weight excluding hydrogens is 740 g/mol. The number of carbonyl (C=O) groups excluding carboxylic acids is 5. The first-order valence-electron chi connectivity index (χ1n) is 18.8. The number of benzene rings is 2. The van der Waals surface area contributed by atoms with Gasteiger partial charge < -0.3 is 54.2 Å². The number of amides is 5. The molecule has 2 aliphatic rings. The van der Waals surface area contributed by atoms with Gasteiger partial charge in [-0.3, -0.25) is 14.4 Å². The number of aromatic nitrogens is 3. The van der Waals surface area contributed by atoms with Crippen molar-refractivity contribution >= 4 is 46.7 Å². The van der Waals surface area contributed by atoms with Crippen LogP contribution in [0.4, 0.5) is 15.4 Å². The topological polar surface area (TPSA) is 220 Å². The average molecular weight is 789 g/mol. The minimum atomic E-state index is -0.918. The average Bonchev–Trinajstić information content (AvgIpc) is 4.07. The van der Waals surface area contributed by atoms with Crippen molar-refractivity contribution < 1.29 is 47.4 Å². The SMILES string of the molecule is COCC[C@H](NC(=O)OC)C(=O)N1CCC[C@H]1C(=O)Nc1noc2ccc(-c3ccc(-c4cnc([C@@H]5CCCN5C(=O)[C@H](CCOC)NC(=O)OC)[nH]4)cc3)cc12. The van der Waals surface area contributed by atoms with E-state index >= 15 is 0 Å². The number of ether oxygens (including phenoxy) is 4. The molecule has 2 fully saturated rings. The van der Waals surface area contributed by atoms with Gasteiger partial charge in [-0.05, 0) is 54.5 Å². The first-order chi connectivity index (χ1) is 27.6. The minimum Gasteiger partial charge on any atom is -0.453 e. The van der Waals surface area contributed by atoms with Crippen molar-refractivity contribution in [1.29, 1.82) is 0 Å². The Hall–Kier alpha value is -6.01. The first kappa shape index (κ1) is 40.6. The summed E-state index contributed by atoms with van der Waals surface area (Å²) >= 11 is 0. The van der Waals surface area contributed by atoms with Crippen molar-refractivity contribution in [3.63, 3.8) is 0 Å². The van der Waals surface area contributed by atoms with Crippen LogP contribution in [0, 0.1) is 0 Å². The maximum atomic E-state index is 13.6. The molecule has 5 amide bonds. The summed E-state index contributed by atoms with van der Waals surface area (Å²) in [5.74, 6) is -0.147. The van der Waals surface area contributed by atoms with Gasteiger partial charge in [-0.25, -0.2) is 14.6 Å². The summed E-state index contributed by atoms with van der Waals surface area (Å²) < 4.78 is 25.2. The second kappa shape index (κ2) is 18.8. The molecule has 0 aliphatic carbocycles. The Morgan fingerprint density at radius 1 is 0.807 bits per heavy atom. The lowest BCUT2D eigenvalue weighted by Crippen LogP contribution is -2.52. The lowest BCUT2D eigenvalue weighted by molar-refractivity contribution is -0.138. The van der Waals surface area contributed by atoms with Gasteiger partial charge in [-0.2, -0.15) is 0 Å². The molecule has 4 atom stereocenters. The van der Waals surface area contributed by atoms with Crippen LogP contribution < -0.4 is 16.0 Å². The van der Waals surface area contributed by atoms with E-state index in [9.17, 15) is 24.0 Å². The highest BCUT2D eigenvalue weighted by Crippen LogP contribution is 2.34. The smallest absolute Gasteiger partial charge is 0.407 e. The molecule has 2 saturated heterocycles. The number of nitrogens with zero attached hydrogens (tertiary/aromatic N) is 4. The van der Waals surface area contributed by atoms with E-state index in [1.807, 2.05) is 36.4 Å². The largest absolute Gasteiger partial charge is 0.453 e. The Morgan fingerprint density at radius 2 is 1.40 bits per heavy atom. The zero-order chi connectivity index (χ0) is 40.5.